The second kappa shape index (κ2) is 14.1. The number of benzene rings is 2. The lowest BCUT2D eigenvalue weighted by Crippen LogP contribution is -2.74. The molecule has 3 fully saturated rings. The van der Waals surface area contributed by atoms with Gasteiger partial charge in [0.25, 0.3) is 0 Å². The zero-order valence-electron chi connectivity index (χ0n) is 32.6. The number of carbonyl (C=O) groups is 4. The predicted molar refractivity (Wildman–Crippen MR) is 198 cm³/mol. The molecule has 1 N–H and O–H groups in total. The van der Waals surface area contributed by atoms with Gasteiger partial charge in [-0.2, -0.15) is 0 Å². The van der Waals surface area contributed by atoms with Crippen LogP contribution in [0.3, 0.4) is 0 Å². The fraction of sp³-hybridized carbons (Fsp3) is 0.591. The van der Waals surface area contributed by atoms with Crippen molar-refractivity contribution in [2.45, 2.75) is 124 Å². The van der Waals surface area contributed by atoms with Gasteiger partial charge in [-0.05, 0) is 48.0 Å². The van der Waals surface area contributed by atoms with Gasteiger partial charge in [0, 0.05) is 42.4 Å². The zero-order valence-corrected chi connectivity index (χ0v) is 32.6. The van der Waals surface area contributed by atoms with Crippen molar-refractivity contribution in [1.82, 2.24) is 0 Å². The average molecular weight is 729 g/mol. The third kappa shape index (κ3) is 6.06. The lowest BCUT2D eigenvalue weighted by molar-refractivity contribution is -0.303. The molecule has 286 valence electrons. The first-order valence-corrected chi connectivity index (χ1v) is 19.3. The summed E-state index contributed by atoms with van der Waals surface area (Å²) in [5, 5.41) is 13.3. The van der Waals surface area contributed by atoms with Crippen molar-refractivity contribution in [3.8, 4) is 0 Å². The molecule has 2 aromatic carbocycles. The number of hydrogen-bond donors (Lipinski definition) is 1. The van der Waals surface area contributed by atoms with Gasteiger partial charge in [-0.15, -0.1) is 0 Å². The van der Waals surface area contributed by atoms with Crippen LogP contribution in [0.2, 0.25) is 0 Å². The highest BCUT2D eigenvalue weighted by Crippen LogP contribution is 2.68. The van der Waals surface area contributed by atoms with E-state index in [0.29, 0.717) is 24.2 Å². The fourth-order valence-corrected chi connectivity index (χ4v) is 11.0. The first-order chi connectivity index (χ1) is 25.0. The zero-order chi connectivity index (χ0) is 38.7. The van der Waals surface area contributed by atoms with E-state index >= 15 is 4.79 Å². The Bertz CT molecular complexity index is 1730. The van der Waals surface area contributed by atoms with Crippen molar-refractivity contribution in [2.24, 2.45) is 34.0 Å². The molecule has 10 atom stereocenters. The van der Waals surface area contributed by atoms with Crippen LogP contribution in [0, 0.1) is 34.0 Å². The van der Waals surface area contributed by atoms with E-state index in [-0.39, 0.29) is 37.1 Å². The molecule has 1 aliphatic heterocycles. The smallest absolute Gasteiger partial charge is 0.349 e. The molecule has 6 rings (SSSR count). The molecule has 0 radical (unpaired) electrons. The molecule has 2 bridgehead atoms. The Kier molecular flexibility index (Phi) is 10.4. The van der Waals surface area contributed by atoms with Gasteiger partial charge in [0.2, 0.25) is 6.10 Å². The van der Waals surface area contributed by atoms with Crippen LogP contribution in [-0.4, -0.2) is 65.4 Å². The Labute approximate surface area is 313 Å². The monoisotopic (exact) mass is 728 g/mol. The second-order valence-electron chi connectivity index (χ2n) is 16.8. The molecular weight excluding hydrogens is 672 g/mol. The van der Waals surface area contributed by atoms with Crippen molar-refractivity contribution in [1.29, 1.82) is 0 Å². The van der Waals surface area contributed by atoms with Gasteiger partial charge in [0.15, 0.2) is 0 Å². The number of fused-ring (bicyclic) bond motifs is 5. The first-order valence-electron chi connectivity index (χ1n) is 19.3. The van der Waals surface area contributed by atoms with Crippen molar-refractivity contribution in [2.75, 3.05) is 6.61 Å². The number of Topliss-reactive ketones (excluding diaryl/α,β-unsaturated/α-hetero) is 1. The number of carbonyl (C=O) groups excluding carboxylic acids is 4. The Morgan fingerprint density at radius 2 is 1.45 bits per heavy atom. The van der Waals surface area contributed by atoms with Gasteiger partial charge in [-0.25, -0.2) is 4.79 Å². The van der Waals surface area contributed by atoms with Crippen LogP contribution in [0.15, 0.2) is 71.8 Å². The third-order valence-corrected chi connectivity index (χ3v) is 13.8. The Morgan fingerprint density at radius 1 is 0.887 bits per heavy atom. The summed E-state index contributed by atoms with van der Waals surface area (Å²) in [5.41, 5.74) is -0.996. The van der Waals surface area contributed by atoms with E-state index in [4.69, 9.17) is 18.9 Å². The van der Waals surface area contributed by atoms with Gasteiger partial charge in [-0.3, -0.25) is 14.4 Å². The molecule has 1 heterocycles. The minimum absolute atomic E-state index is 0.0609. The average Bonchev–Trinajstić information content (AvgIpc) is 3.13. The SMILES string of the molecule is CCC(=O)O[C@H]1C[C@H]2OC[C@@]2(C)[C@H]2[C@H](C)[C@]3(O)C[C@H](OC(=O)[C@H](OC(=O)CC)C(c4ccccc4)c4ccccc4)C(C)=C([C@@H](C)C(=O)[C@]12C)C3(C)C. The maximum atomic E-state index is 15.2. The van der Waals surface area contributed by atoms with Gasteiger partial charge in [0.1, 0.15) is 18.0 Å². The van der Waals surface area contributed by atoms with Crippen molar-refractivity contribution in [3.63, 3.8) is 0 Å². The van der Waals surface area contributed by atoms with E-state index in [2.05, 4.69) is 6.92 Å². The largest absolute Gasteiger partial charge is 0.461 e. The van der Waals surface area contributed by atoms with Crippen LogP contribution in [-0.2, 0) is 38.1 Å². The fourth-order valence-electron chi connectivity index (χ4n) is 11.0. The minimum Gasteiger partial charge on any atom is -0.461 e. The first kappa shape index (κ1) is 38.9. The van der Waals surface area contributed by atoms with Crippen molar-refractivity contribution >= 4 is 23.7 Å². The number of esters is 3. The van der Waals surface area contributed by atoms with E-state index in [1.54, 1.807) is 13.8 Å². The molecule has 1 saturated heterocycles. The van der Waals surface area contributed by atoms with Crippen LogP contribution in [0.5, 0.6) is 0 Å². The van der Waals surface area contributed by atoms with E-state index in [9.17, 15) is 19.5 Å². The van der Waals surface area contributed by atoms with E-state index in [1.165, 1.54) is 0 Å². The molecule has 9 nitrogen and oxygen atoms in total. The molecule has 2 aromatic rings. The van der Waals surface area contributed by atoms with Crippen LogP contribution >= 0.6 is 0 Å². The number of ether oxygens (including phenoxy) is 4. The molecular formula is C44H56O9. The van der Waals surface area contributed by atoms with Crippen LogP contribution in [0.4, 0.5) is 0 Å². The quantitative estimate of drug-likeness (QED) is 0.163. The molecule has 0 amide bonds. The van der Waals surface area contributed by atoms with E-state index in [0.717, 1.165) is 11.1 Å². The highest BCUT2D eigenvalue weighted by atomic mass is 16.6. The summed E-state index contributed by atoms with van der Waals surface area (Å²) in [6, 6.07) is 18.9. The summed E-state index contributed by atoms with van der Waals surface area (Å²) in [7, 11) is 0. The lowest BCUT2D eigenvalue weighted by atomic mass is 9.40. The summed E-state index contributed by atoms with van der Waals surface area (Å²) in [6.07, 6.45) is -2.49. The number of ketones is 1. The molecule has 3 aliphatic carbocycles. The number of hydrogen-bond acceptors (Lipinski definition) is 9. The van der Waals surface area contributed by atoms with Crippen LogP contribution in [0.1, 0.15) is 105 Å². The summed E-state index contributed by atoms with van der Waals surface area (Å²) in [5.74, 6) is -4.01. The maximum absolute atomic E-state index is 15.2. The lowest BCUT2D eigenvalue weighted by Gasteiger charge is -2.69. The predicted octanol–water partition coefficient (Wildman–Crippen LogP) is 7.14. The Morgan fingerprint density at radius 3 is 1.96 bits per heavy atom. The van der Waals surface area contributed by atoms with Crippen molar-refractivity contribution in [3.05, 3.63) is 82.9 Å². The summed E-state index contributed by atoms with van der Waals surface area (Å²) >= 11 is 0. The molecule has 0 aromatic heterocycles. The van der Waals surface area contributed by atoms with E-state index in [1.807, 2.05) is 102 Å². The molecule has 0 spiro atoms. The third-order valence-electron chi connectivity index (χ3n) is 13.8. The molecule has 9 heteroatoms. The standard InChI is InChI=1S/C44H56O9/c1-10-33(45)52-32-22-31-42(8,24-50-31)38-27(5)44(49)23-30(25(3)36(41(44,6)7)26(4)39(47)43(32,38)9)51-40(48)37(53-34(46)11-2)35(28-18-14-12-15-19-28)29-20-16-13-17-21-29/h12-21,26-27,30-32,35,37-38,49H,10-11,22-24H2,1-9H3/t26-,27+,30+,31-,32+,37-,38-,42-,43-,44-/m1/s1. The maximum Gasteiger partial charge on any atom is 0.349 e. The van der Waals surface area contributed by atoms with Gasteiger partial charge < -0.3 is 24.1 Å². The highest BCUT2D eigenvalue weighted by Gasteiger charge is 2.73. The Hall–Kier alpha value is -3.82. The van der Waals surface area contributed by atoms with Gasteiger partial charge in [0.05, 0.1) is 29.6 Å². The Balaban J connectivity index is 1.46. The topological polar surface area (TPSA) is 125 Å². The van der Waals surface area contributed by atoms with Crippen molar-refractivity contribution < 1.29 is 43.2 Å². The molecule has 53 heavy (non-hydrogen) atoms. The molecule has 2 saturated carbocycles. The summed E-state index contributed by atoms with van der Waals surface area (Å²) in [4.78, 5) is 55.6. The second-order valence-corrected chi connectivity index (χ2v) is 16.8. The highest BCUT2D eigenvalue weighted by molar-refractivity contribution is 5.91. The van der Waals surface area contributed by atoms with Gasteiger partial charge >= 0.3 is 17.9 Å². The molecule has 0 unspecified atom stereocenters. The van der Waals surface area contributed by atoms with E-state index < -0.39 is 75.8 Å². The van der Waals surface area contributed by atoms with Crippen LogP contribution in [0.25, 0.3) is 0 Å². The molecule has 4 aliphatic rings. The number of rotatable bonds is 9. The number of aliphatic hydroxyl groups is 1. The normalized spacial score (nSPS) is 35.1. The minimum atomic E-state index is -1.47. The van der Waals surface area contributed by atoms with Crippen LogP contribution < -0.4 is 0 Å². The van der Waals surface area contributed by atoms with Gasteiger partial charge in [-0.1, -0.05) is 109 Å². The summed E-state index contributed by atoms with van der Waals surface area (Å²) in [6.45, 7) is 17.6. The summed E-state index contributed by atoms with van der Waals surface area (Å²) < 4.78 is 24.6.